The molecular formula is C19H14N4O5S. The summed E-state index contributed by atoms with van der Waals surface area (Å²) >= 11 is 1.20. The summed E-state index contributed by atoms with van der Waals surface area (Å²) in [5.74, 6) is -1.06. The van der Waals surface area contributed by atoms with Gasteiger partial charge in [-0.3, -0.25) is 24.6 Å². The number of amides is 2. The van der Waals surface area contributed by atoms with Crippen LogP contribution in [0, 0.1) is 21.4 Å². The molecule has 0 fully saturated rings. The fraction of sp³-hybridized carbons (Fsp3) is 0.105. The predicted octanol–water partition coefficient (Wildman–Crippen LogP) is 2.27. The average Bonchev–Trinajstić information content (AvgIpc) is 2.97. The Morgan fingerprint density at radius 1 is 1.21 bits per heavy atom. The van der Waals surface area contributed by atoms with Crippen LogP contribution in [-0.2, 0) is 9.59 Å². The highest BCUT2D eigenvalue weighted by atomic mass is 32.2. The van der Waals surface area contributed by atoms with Gasteiger partial charge < -0.3 is 10.4 Å². The molecule has 29 heavy (non-hydrogen) atoms. The number of nitriles is 1. The van der Waals surface area contributed by atoms with E-state index in [0.717, 1.165) is 11.0 Å². The Bertz CT molecular complexity index is 1080. The topological polar surface area (TPSA) is 137 Å². The zero-order valence-corrected chi connectivity index (χ0v) is 15.7. The van der Waals surface area contributed by atoms with Gasteiger partial charge in [-0.05, 0) is 18.2 Å². The Labute approximate surface area is 169 Å². The standard InChI is InChI=1S/C19H14N4O5S/c20-11-12-9-13(23(27)28)5-6-16(12)29-17-4-2-1-3-14(17)21-15-10-18(25)22(7-8-24)19(15)26/h1-6,9-10,21,24H,7-8H2. The highest BCUT2D eigenvalue weighted by Gasteiger charge is 2.31. The summed E-state index contributed by atoms with van der Waals surface area (Å²) in [5.41, 5.74) is 0.569. The van der Waals surface area contributed by atoms with E-state index in [1.54, 1.807) is 24.3 Å². The monoisotopic (exact) mass is 410 g/mol. The van der Waals surface area contributed by atoms with E-state index >= 15 is 0 Å². The lowest BCUT2D eigenvalue weighted by Crippen LogP contribution is -2.34. The third-order valence-electron chi connectivity index (χ3n) is 4.00. The van der Waals surface area contributed by atoms with Crippen LogP contribution in [0.15, 0.2) is 64.0 Å². The molecule has 1 aliphatic heterocycles. The van der Waals surface area contributed by atoms with Crippen LogP contribution in [0.1, 0.15) is 5.56 Å². The summed E-state index contributed by atoms with van der Waals surface area (Å²) < 4.78 is 0. The van der Waals surface area contributed by atoms with Crippen molar-refractivity contribution < 1.29 is 19.6 Å². The molecule has 0 bridgehead atoms. The van der Waals surface area contributed by atoms with Crippen molar-refractivity contribution in [2.24, 2.45) is 0 Å². The number of nitro benzene ring substituents is 1. The molecule has 3 rings (SSSR count). The lowest BCUT2D eigenvalue weighted by atomic mass is 10.2. The van der Waals surface area contributed by atoms with Gasteiger partial charge in [0.15, 0.2) is 0 Å². The van der Waals surface area contributed by atoms with Crippen LogP contribution in [0.4, 0.5) is 11.4 Å². The Kier molecular flexibility index (Phi) is 5.92. The molecule has 10 heteroatoms. The van der Waals surface area contributed by atoms with E-state index in [4.69, 9.17) is 5.11 Å². The lowest BCUT2D eigenvalue weighted by molar-refractivity contribution is -0.384. The highest BCUT2D eigenvalue weighted by molar-refractivity contribution is 7.99. The number of hydrogen-bond donors (Lipinski definition) is 2. The number of anilines is 1. The zero-order chi connectivity index (χ0) is 21.0. The number of β-amino-alcohol motifs (C(OH)–C–C–N with tert-alkyl or cyclic N) is 1. The molecule has 2 aromatic rings. The van der Waals surface area contributed by atoms with Gasteiger partial charge in [0.1, 0.15) is 11.8 Å². The normalized spacial score (nSPS) is 13.2. The SMILES string of the molecule is N#Cc1cc([N+](=O)[O-])ccc1Sc1ccccc1NC1=CC(=O)N(CCO)C1=O. The third-order valence-corrected chi connectivity index (χ3v) is 5.16. The number of aliphatic hydroxyl groups is 1. The maximum absolute atomic E-state index is 12.3. The Hall–Kier alpha value is -3.68. The Morgan fingerprint density at radius 3 is 2.66 bits per heavy atom. The number of nitrogens with one attached hydrogen (secondary N) is 1. The second kappa shape index (κ2) is 8.55. The van der Waals surface area contributed by atoms with Gasteiger partial charge in [-0.15, -0.1) is 0 Å². The summed E-state index contributed by atoms with van der Waals surface area (Å²) in [6.45, 7) is -0.424. The van der Waals surface area contributed by atoms with Gasteiger partial charge in [-0.1, -0.05) is 23.9 Å². The minimum Gasteiger partial charge on any atom is -0.395 e. The van der Waals surface area contributed by atoms with Crippen molar-refractivity contribution in [3.05, 3.63) is 69.9 Å². The van der Waals surface area contributed by atoms with Gasteiger partial charge >= 0.3 is 0 Å². The number of imide groups is 1. The molecule has 0 unspecified atom stereocenters. The second-order valence-electron chi connectivity index (χ2n) is 5.85. The van der Waals surface area contributed by atoms with Crippen LogP contribution in [0.25, 0.3) is 0 Å². The number of rotatable bonds is 7. The Balaban J connectivity index is 1.87. The van der Waals surface area contributed by atoms with Crippen LogP contribution in [-0.4, -0.2) is 39.9 Å². The fourth-order valence-corrected chi connectivity index (χ4v) is 3.60. The first-order valence-electron chi connectivity index (χ1n) is 8.35. The summed E-state index contributed by atoms with van der Waals surface area (Å²) in [4.78, 5) is 36.7. The van der Waals surface area contributed by atoms with E-state index in [-0.39, 0.29) is 30.1 Å². The van der Waals surface area contributed by atoms with Crippen molar-refractivity contribution in [3.8, 4) is 6.07 Å². The third kappa shape index (κ3) is 4.26. The molecule has 0 aromatic heterocycles. The molecule has 0 aliphatic carbocycles. The quantitative estimate of drug-likeness (QED) is 0.403. The van der Waals surface area contributed by atoms with Crippen LogP contribution < -0.4 is 5.32 Å². The van der Waals surface area contributed by atoms with Crippen LogP contribution in [0.3, 0.4) is 0 Å². The molecule has 2 amide bonds. The number of nitro groups is 1. The number of para-hydroxylation sites is 1. The first-order chi connectivity index (χ1) is 13.9. The predicted molar refractivity (Wildman–Crippen MR) is 104 cm³/mol. The molecule has 2 aromatic carbocycles. The number of aliphatic hydroxyl groups excluding tert-OH is 1. The van der Waals surface area contributed by atoms with Crippen molar-refractivity contribution in [3.63, 3.8) is 0 Å². The van der Waals surface area contributed by atoms with Gasteiger partial charge in [-0.2, -0.15) is 5.26 Å². The van der Waals surface area contributed by atoms with E-state index in [9.17, 15) is 25.0 Å². The number of carbonyl (C=O) groups excluding carboxylic acids is 2. The number of non-ortho nitro benzene ring substituents is 1. The minimum atomic E-state index is -0.571. The van der Waals surface area contributed by atoms with E-state index in [0.29, 0.717) is 15.5 Å². The molecule has 1 aliphatic rings. The fourth-order valence-electron chi connectivity index (χ4n) is 2.64. The molecule has 146 valence electrons. The molecule has 9 nitrogen and oxygen atoms in total. The average molecular weight is 410 g/mol. The van der Waals surface area contributed by atoms with E-state index < -0.39 is 16.7 Å². The van der Waals surface area contributed by atoms with Crippen molar-refractivity contribution in [1.29, 1.82) is 5.26 Å². The first-order valence-corrected chi connectivity index (χ1v) is 9.17. The summed E-state index contributed by atoms with van der Waals surface area (Å²) in [5, 5.41) is 32.1. The molecule has 1 heterocycles. The van der Waals surface area contributed by atoms with Gasteiger partial charge in [-0.25, -0.2) is 0 Å². The molecule has 2 N–H and O–H groups in total. The lowest BCUT2D eigenvalue weighted by Gasteiger charge is -2.15. The van der Waals surface area contributed by atoms with Crippen LogP contribution in [0.2, 0.25) is 0 Å². The molecule has 0 saturated heterocycles. The number of carbonyl (C=O) groups is 2. The van der Waals surface area contributed by atoms with E-state index in [1.807, 2.05) is 6.07 Å². The first kappa shape index (κ1) is 20.1. The second-order valence-corrected chi connectivity index (χ2v) is 6.93. The number of benzene rings is 2. The smallest absolute Gasteiger partial charge is 0.277 e. The maximum atomic E-state index is 12.3. The van der Waals surface area contributed by atoms with Gasteiger partial charge in [0.25, 0.3) is 17.5 Å². The highest BCUT2D eigenvalue weighted by Crippen LogP contribution is 2.37. The van der Waals surface area contributed by atoms with Crippen molar-refractivity contribution in [2.45, 2.75) is 9.79 Å². The van der Waals surface area contributed by atoms with Gasteiger partial charge in [0.05, 0.1) is 29.3 Å². The van der Waals surface area contributed by atoms with Crippen LogP contribution >= 0.6 is 11.8 Å². The van der Waals surface area contributed by atoms with Crippen molar-refractivity contribution >= 4 is 35.0 Å². The molecular weight excluding hydrogens is 396 g/mol. The molecule has 0 spiro atoms. The zero-order valence-electron chi connectivity index (χ0n) is 14.9. The summed E-state index contributed by atoms with van der Waals surface area (Å²) in [6.07, 6.45) is 1.16. The van der Waals surface area contributed by atoms with E-state index in [2.05, 4.69) is 5.32 Å². The van der Waals surface area contributed by atoms with Crippen molar-refractivity contribution in [1.82, 2.24) is 4.90 Å². The minimum absolute atomic E-state index is 0.0701. The molecule has 0 radical (unpaired) electrons. The summed E-state index contributed by atoms with van der Waals surface area (Å²) in [7, 11) is 0. The van der Waals surface area contributed by atoms with Crippen LogP contribution in [0.5, 0.6) is 0 Å². The number of hydrogen-bond acceptors (Lipinski definition) is 8. The van der Waals surface area contributed by atoms with Gasteiger partial charge in [0, 0.05) is 28.0 Å². The number of nitrogens with zero attached hydrogens (tertiary/aromatic N) is 3. The summed E-state index contributed by atoms with van der Waals surface area (Å²) in [6, 6.07) is 12.9. The van der Waals surface area contributed by atoms with Gasteiger partial charge in [0.2, 0.25) is 0 Å². The maximum Gasteiger partial charge on any atom is 0.277 e. The Morgan fingerprint density at radius 2 is 1.97 bits per heavy atom. The largest absolute Gasteiger partial charge is 0.395 e. The molecule has 0 atom stereocenters. The van der Waals surface area contributed by atoms with E-state index in [1.165, 1.54) is 30.0 Å². The van der Waals surface area contributed by atoms with Crippen molar-refractivity contribution in [2.75, 3.05) is 18.5 Å². The molecule has 0 saturated carbocycles.